The molecule has 3 rings (SSSR count). The molecule has 0 saturated carbocycles. The molecule has 0 aliphatic carbocycles. The summed E-state index contributed by atoms with van der Waals surface area (Å²) in [6.45, 7) is 3.66. The van der Waals surface area contributed by atoms with Gasteiger partial charge in [-0.15, -0.1) is 0 Å². The van der Waals surface area contributed by atoms with E-state index in [4.69, 9.17) is 0 Å². The number of piperazine rings is 1. The molecule has 25 heavy (non-hydrogen) atoms. The minimum Gasteiger partial charge on any atom is -0.340 e. The third-order valence-corrected chi connectivity index (χ3v) is 6.88. The number of piperidine rings is 1. The molecule has 0 aromatic heterocycles. The molecule has 0 unspecified atom stereocenters. The van der Waals surface area contributed by atoms with E-state index in [0.717, 1.165) is 25.2 Å². The Bertz CT molecular complexity index is 715. The molecule has 1 atom stereocenters. The Morgan fingerprint density at radius 2 is 1.72 bits per heavy atom. The monoisotopic (exact) mass is 369 g/mol. The minimum atomic E-state index is -3.70. The van der Waals surface area contributed by atoms with Crippen molar-refractivity contribution in [3.05, 3.63) is 30.1 Å². The zero-order chi connectivity index (χ0) is 18.0. The quantitative estimate of drug-likeness (QED) is 0.798. The van der Waals surface area contributed by atoms with Gasteiger partial charge in [0.1, 0.15) is 5.82 Å². The second-order valence-electron chi connectivity index (χ2n) is 6.78. The largest absolute Gasteiger partial charge is 0.340 e. The van der Waals surface area contributed by atoms with E-state index in [0.29, 0.717) is 32.5 Å². The number of halogens is 1. The molecule has 0 N–H and O–H groups in total. The van der Waals surface area contributed by atoms with Gasteiger partial charge in [0, 0.05) is 39.3 Å². The van der Waals surface area contributed by atoms with E-state index >= 15 is 0 Å². The zero-order valence-corrected chi connectivity index (χ0v) is 15.2. The van der Waals surface area contributed by atoms with Crippen LogP contribution < -0.4 is 0 Å². The summed E-state index contributed by atoms with van der Waals surface area (Å²) in [7, 11) is -1.67. The van der Waals surface area contributed by atoms with Crippen LogP contribution in [0.2, 0.25) is 0 Å². The number of amides is 1. The number of benzene rings is 1. The summed E-state index contributed by atoms with van der Waals surface area (Å²) in [5.41, 5.74) is 0. The number of rotatable bonds is 3. The average Bonchev–Trinajstić information content (AvgIpc) is 2.62. The predicted octanol–water partition coefficient (Wildman–Crippen LogP) is 1.00. The lowest BCUT2D eigenvalue weighted by atomic mass is 9.98. The Morgan fingerprint density at radius 3 is 2.36 bits per heavy atom. The van der Waals surface area contributed by atoms with Crippen molar-refractivity contribution in [2.75, 3.05) is 46.3 Å². The highest BCUT2D eigenvalue weighted by Crippen LogP contribution is 2.25. The van der Waals surface area contributed by atoms with Gasteiger partial charge >= 0.3 is 0 Å². The molecule has 2 fully saturated rings. The molecule has 8 heteroatoms. The zero-order valence-electron chi connectivity index (χ0n) is 14.4. The third-order valence-electron chi connectivity index (χ3n) is 5.00. The van der Waals surface area contributed by atoms with Crippen LogP contribution in [-0.4, -0.2) is 74.7 Å². The fourth-order valence-electron chi connectivity index (χ4n) is 3.40. The first-order chi connectivity index (χ1) is 11.9. The van der Waals surface area contributed by atoms with Gasteiger partial charge in [0.2, 0.25) is 15.9 Å². The fraction of sp³-hybridized carbons (Fsp3) is 0.588. The molecule has 2 saturated heterocycles. The summed E-state index contributed by atoms with van der Waals surface area (Å²) in [6.07, 6.45) is 1.37. The van der Waals surface area contributed by atoms with Crippen molar-refractivity contribution in [3.8, 4) is 0 Å². The highest BCUT2D eigenvalue weighted by Gasteiger charge is 2.35. The smallest absolute Gasteiger partial charge is 0.243 e. The predicted molar refractivity (Wildman–Crippen MR) is 92.0 cm³/mol. The van der Waals surface area contributed by atoms with E-state index in [1.165, 1.54) is 16.4 Å². The van der Waals surface area contributed by atoms with Crippen LogP contribution in [0.25, 0.3) is 0 Å². The normalized spacial score (nSPS) is 23.6. The fourth-order valence-corrected chi connectivity index (χ4v) is 4.93. The summed E-state index contributed by atoms with van der Waals surface area (Å²) < 4.78 is 39.9. The van der Waals surface area contributed by atoms with Gasteiger partial charge in [-0.05, 0) is 44.2 Å². The lowest BCUT2D eigenvalue weighted by molar-refractivity contribution is -0.138. The van der Waals surface area contributed by atoms with E-state index in [-0.39, 0.29) is 23.3 Å². The number of carbonyl (C=O) groups excluding carboxylic acids is 1. The molecule has 1 aromatic carbocycles. The van der Waals surface area contributed by atoms with Crippen LogP contribution in [0.4, 0.5) is 4.39 Å². The van der Waals surface area contributed by atoms with Crippen molar-refractivity contribution >= 4 is 15.9 Å². The highest BCUT2D eigenvalue weighted by molar-refractivity contribution is 7.89. The van der Waals surface area contributed by atoms with Gasteiger partial charge in [0.15, 0.2) is 0 Å². The molecule has 1 amide bonds. The van der Waals surface area contributed by atoms with E-state index in [1.54, 1.807) is 0 Å². The lowest BCUT2D eigenvalue weighted by Crippen LogP contribution is -2.52. The molecule has 0 radical (unpaired) electrons. The third kappa shape index (κ3) is 4.02. The van der Waals surface area contributed by atoms with E-state index in [2.05, 4.69) is 4.90 Å². The molecule has 138 valence electrons. The number of hydrogen-bond acceptors (Lipinski definition) is 4. The minimum absolute atomic E-state index is 0.0482. The van der Waals surface area contributed by atoms with E-state index in [9.17, 15) is 17.6 Å². The molecular formula is C17H24FN3O3S. The molecule has 0 bridgehead atoms. The van der Waals surface area contributed by atoms with Gasteiger partial charge in [-0.25, -0.2) is 12.8 Å². The van der Waals surface area contributed by atoms with Crippen LogP contribution in [0.1, 0.15) is 12.8 Å². The van der Waals surface area contributed by atoms with Crippen molar-refractivity contribution in [3.63, 3.8) is 0 Å². The van der Waals surface area contributed by atoms with Gasteiger partial charge in [-0.1, -0.05) is 0 Å². The molecule has 2 aliphatic heterocycles. The molecule has 2 heterocycles. The number of sulfonamides is 1. The van der Waals surface area contributed by atoms with Crippen LogP contribution in [0, 0.1) is 11.7 Å². The number of nitrogens with zero attached hydrogens (tertiary/aromatic N) is 3. The Hall–Kier alpha value is -1.51. The maximum atomic E-state index is 13.1. The molecule has 0 spiro atoms. The topological polar surface area (TPSA) is 60.9 Å². The maximum Gasteiger partial charge on any atom is 0.243 e. The molecular weight excluding hydrogens is 345 g/mol. The Balaban J connectivity index is 1.70. The van der Waals surface area contributed by atoms with Crippen molar-refractivity contribution in [2.45, 2.75) is 17.7 Å². The van der Waals surface area contributed by atoms with Crippen LogP contribution >= 0.6 is 0 Å². The summed E-state index contributed by atoms with van der Waals surface area (Å²) in [4.78, 5) is 16.8. The van der Waals surface area contributed by atoms with Crippen molar-refractivity contribution in [2.24, 2.45) is 5.92 Å². The van der Waals surface area contributed by atoms with E-state index in [1.807, 2.05) is 11.9 Å². The lowest BCUT2D eigenvalue weighted by Gasteiger charge is -2.37. The second-order valence-corrected chi connectivity index (χ2v) is 8.72. The summed E-state index contributed by atoms with van der Waals surface area (Å²) in [5, 5.41) is 0. The van der Waals surface area contributed by atoms with Gasteiger partial charge in [0.05, 0.1) is 10.8 Å². The first-order valence-electron chi connectivity index (χ1n) is 8.61. The number of likely N-dealkylation sites (N-methyl/N-ethyl adjacent to an activating group) is 1. The van der Waals surface area contributed by atoms with E-state index < -0.39 is 15.8 Å². The SMILES string of the molecule is CN1CCN(C(=O)[C@H]2CCCN(S(=O)(=O)c3ccc(F)cc3)C2)CC1. The number of hydrogen-bond donors (Lipinski definition) is 0. The highest BCUT2D eigenvalue weighted by atomic mass is 32.2. The molecule has 2 aliphatic rings. The Labute approximate surface area is 148 Å². The van der Waals surface area contributed by atoms with Gasteiger partial charge < -0.3 is 9.80 Å². The maximum absolute atomic E-state index is 13.1. The van der Waals surface area contributed by atoms with Crippen molar-refractivity contribution in [1.29, 1.82) is 0 Å². The average molecular weight is 369 g/mol. The van der Waals surface area contributed by atoms with Crippen LogP contribution in [0.3, 0.4) is 0 Å². The Kier molecular flexibility index (Phi) is 5.41. The van der Waals surface area contributed by atoms with Crippen LogP contribution in [0.15, 0.2) is 29.2 Å². The Morgan fingerprint density at radius 1 is 1.08 bits per heavy atom. The van der Waals surface area contributed by atoms with Crippen molar-refractivity contribution in [1.82, 2.24) is 14.1 Å². The second kappa shape index (κ2) is 7.39. The van der Waals surface area contributed by atoms with Gasteiger partial charge in [-0.2, -0.15) is 4.31 Å². The summed E-state index contributed by atoms with van der Waals surface area (Å²) in [6, 6.07) is 4.83. The van der Waals surface area contributed by atoms with Crippen molar-refractivity contribution < 1.29 is 17.6 Å². The van der Waals surface area contributed by atoms with Gasteiger partial charge in [0.25, 0.3) is 0 Å². The summed E-state index contributed by atoms with van der Waals surface area (Å²) in [5.74, 6) is -0.722. The first kappa shape index (κ1) is 18.3. The first-order valence-corrected chi connectivity index (χ1v) is 10.0. The molecule has 1 aromatic rings. The standard InChI is InChI=1S/C17H24FN3O3S/c1-19-9-11-20(12-10-19)17(22)14-3-2-8-21(13-14)25(23,24)16-6-4-15(18)5-7-16/h4-7,14H,2-3,8-13H2,1H3/t14-/m0/s1. The number of carbonyl (C=O) groups is 1. The summed E-state index contributed by atoms with van der Waals surface area (Å²) >= 11 is 0. The van der Waals surface area contributed by atoms with Crippen LogP contribution in [-0.2, 0) is 14.8 Å². The molecule has 6 nitrogen and oxygen atoms in total. The van der Waals surface area contributed by atoms with Gasteiger partial charge in [-0.3, -0.25) is 4.79 Å². The van der Waals surface area contributed by atoms with Crippen LogP contribution in [0.5, 0.6) is 0 Å².